The Balaban J connectivity index is 1.62. The zero-order chi connectivity index (χ0) is 18.5. The smallest absolute Gasteiger partial charge is 0.214 e. The van der Waals surface area contributed by atoms with Gasteiger partial charge in [-0.15, -0.1) is 0 Å². The fourth-order valence-corrected chi connectivity index (χ4v) is 3.72. The van der Waals surface area contributed by atoms with Crippen LogP contribution in [0.25, 0.3) is 10.3 Å². The fourth-order valence-electron chi connectivity index (χ4n) is 2.18. The van der Waals surface area contributed by atoms with Crippen LogP contribution in [0.3, 0.4) is 0 Å². The van der Waals surface area contributed by atoms with Gasteiger partial charge in [0.1, 0.15) is 10.3 Å². The molecule has 0 aliphatic carbocycles. The van der Waals surface area contributed by atoms with Crippen LogP contribution >= 0.6 is 23.1 Å². The topological polar surface area (TPSA) is 82.6 Å². The maximum Gasteiger partial charge on any atom is 0.214 e. The number of methoxy groups -OCH3 is 3. The van der Waals surface area contributed by atoms with E-state index >= 15 is 0 Å². The summed E-state index contributed by atoms with van der Waals surface area (Å²) in [6.07, 6.45) is 0. The number of carbonyl (C=O) groups excluding carboxylic acids is 1. The van der Waals surface area contributed by atoms with Gasteiger partial charge in [-0.2, -0.15) is 0 Å². The minimum Gasteiger partial charge on any atom is -0.493 e. The largest absolute Gasteiger partial charge is 0.493 e. The highest BCUT2D eigenvalue weighted by Crippen LogP contribution is 2.32. The summed E-state index contributed by atoms with van der Waals surface area (Å²) < 4.78 is 15.5. The molecule has 3 rings (SSSR count). The van der Waals surface area contributed by atoms with E-state index in [1.165, 1.54) is 11.3 Å². The summed E-state index contributed by atoms with van der Waals surface area (Å²) in [5.41, 5.74) is 0.762. The van der Waals surface area contributed by atoms with Crippen LogP contribution in [0, 0.1) is 0 Å². The molecule has 0 atom stereocenters. The molecule has 136 valence electrons. The van der Waals surface area contributed by atoms with E-state index < -0.39 is 0 Å². The average Bonchev–Trinajstić information content (AvgIpc) is 3.08. The first-order valence-corrected chi connectivity index (χ1v) is 9.24. The summed E-state index contributed by atoms with van der Waals surface area (Å²) in [5, 5.41) is 3.64. The predicted molar refractivity (Wildman–Crippen MR) is 103 cm³/mol. The highest BCUT2D eigenvalue weighted by Gasteiger charge is 2.11. The van der Waals surface area contributed by atoms with Crippen molar-refractivity contribution in [2.75, 3.05) is 33.2 Å². The van der Waals surface area contributed by atoms with Gasteiger partial charge in [0, 0.05) is 11.0 Å². The van der Waals surface area contributed by atoms with Gasteiger partial charge in [-0.05, 0) is 36.0 Å². The maximum absolute atomic E-state index is 12.2. The molecule has 0 unspecified atom stereocenters. The number of fused-ring (bicyclic) bond motifs is 1. The van der Waals surface area contributed by atoms with Gasteiger partial charge in [-0.1, -0.05) is 11.3 Å². The third-order valence-corrected chi connectivity index (χ3v) is 5.19. The van der Waals surface area contributed by atoms with Gasteiger partial charge < -0.3 is 19.5 Å². The second-order valence-electron chi connectivity index (χ2n) is 5.04. The summed E-state index contributed by atoms with van der Waals surface area (Å²) in [6, 6.07) is 8.95. The van der Waals surface area contributed by atoms with Crippen molar-refractivity contribution in [3.05, 3.63) is 30.3 Å². The number of anilines is 1. The van der Waals surface area contributed by atoms with E-state index in [-0.39, 0.29) is 11.7 Å². The fraction of sp³-hybridized carbons (Fsp3) is 0.235. The number of ether oxygens (including phenoxy) is 3. The summed E-state index contributed by atoms with van der Waals surface area (Å²) in [4.78, 5) is 22.5. The summed E-state index contributed by atoms with van der Waals surface area (Å²) in [5.74, 6) is 1.75. The molecular weight excluding hydrogens is 374 g/mol. The van der Waals surface area contributed by atoms with Crippen molar-refractivity contribution in [1.29, 1.82) is 0 Å². The van der Waals surface area contributed by atoms with Crippen LogP contribution in [0.5, 0.6) is 17.4 Å². The van der Waals surface area contributed by atoms with Crippen LogP contribution in [0.1, 0.15) is 0 Å². The quantitative estimate of drug-likeness (QED) is 0.613. The number of carbonyl (C=O) groups is 1. The van der Waals surface area contributed by atoms with Crippen LogP contribution in [0.15, 0.2) is 35.2 Å². The molecule has 0 saturated carbocycles. The Bertz CT molecular complexity index is 930. The number of hydrogen-bond donors (Lipinski definition) is 1. The lowest BCUT2D eigenvalue weighted by molar-refractivity contribution is -0.109. The summed E-state index contributed by atoms with van der Waals surface area (Å²) in [7, 11) is 4.70. The van der Waals surface area contributed by atoms with E-state index in [4.69, 9.17) is 14.2 Å². The van der Waals surface area contributed by atoms with Crippen molar-refractivity contribution in [3.63, 3.8) is 0 Å². The second-order valence-corrected chi connectivity index (χ2v) is 7.15. The molecule has 1 aromatic carbocycles. The van der Waals surface area contributed by atoms with Gasteiger partial charge in [-0.3, -0.25) is 4.79 Å². The molecule has 26 heavy (non-hydrogen) atoms. The molecule has 0 fully saturated rings. The first-order valence-electron chi connectivity index (χ1n) is 7.61. The van der Waals surface area contributed by atoms with E-state index in [9.17, 15) is 4.79 Å². The number of thiazole rings is 1. The minimum absolute atomic E-state index is 0.0398. The van der Waals surface area contributed by atoms with Gasteiger partial charge in [0.25, 0.3) is 0 Å². The molecule has 1 N–H and O–H groups in total. The summed E-state index contributed by atoms with van der Waals surface area (Å²) >= 11 is 2.50. The molecule has 7 nitrogen and oxygen atoms in total. The Kier molecular flexibility index (Phi) is 5.79. The Hall–Kier alpha value is -2.52. The number of benzene rings is 1. The van der Waals surface area contributed by atoms with Crippen molar-refractivity contribution < 1.29 is 19.0 Å². The standard InChI is InChI=1S/C17H17N3O4S2/c1-22-12-6-4-10(8-13(12)23-2)25-15(21)9-18-17-19-11-5-7-14(24-3)20-16(11)26-17/h4-8H,9H2,1-3H3,(H,18,19). The predicted octanol–water partition coefficient (Wildman–Crippen LogP) is 3.45. The molecule has 9 heteroatoms. The number of nitrogens with zero attached hydrogens (tertiary/aromatic N) is 2. The highest BCUT2D eigenvalue weighted by molar-refractivity contribution is 8.13. The molecule has 3 aromatic rings. The van der Waals surface area contributed by atoms with Crippen molar-refractivity contribution >= 4 is 43.7 Å². The van der Waals surface area contributed by atoms with Gasteiger partial charge in [-0.25, -0.2) is 9.97 Å². The normalized spacial score (nSPS) is 10.6. The number of thioether (sulfide) groups is 1. The molecule has 0 radical (unpaired) electrons. The molecule has 0 spiro atoms. The average molecular weight is 391 g/mol. The molecule has 0 aliphatic heterocycles. The lowest BCUT2D eigenvalue weighted by Crippen LogP contribution is -2.09. The molecule has 0 bridgehead atoms. The summed E-state index contributed by atoms with van der Waals surface area (Å²) in [6.45, 7) is 0.149. The van der Waals surface area contributed by atoms with E-state index in [2.05, 4.69) is 15.3 Å². The van der Waals surface area contributed by atoms with Crippen molar-refractivity contribution in [3.8, 4) is 17.4 Å². The molecule has 2 aromatic heterocycles. The van der Waals surface area contributed by atoms with Gasteiger partial charge in [0.15, 0.2) is 16.6 Å². The lowest BCUT2D eigenvalue weighted by Gasteiger charge is -2.09. The van der Waals surface area contributed by atoms with Crippen molar-refractivity contribution in [2.45, 2.75) is 4.90 Å². The number of aromatic nitrogens is 2. The molecule has 2 heterocycles. The Morgan fingerprint density at radius 1 is 1.08 bits per heavy atom. The SMILES string of the molecule is COc1ccc2nc(NCC(=O)Sc3ccc(OC)c(OC)c3)sc2n1. The van der Waals surface area contributed by atoms with Crippen LogP contribution in [0.2, 0.25) is 0 Å². The van der Waals surface area contributed by atoms with Crippen LogP contribution in [-0.4, -0.2) is 43.0 Å². The second kappa shape index (κ2) is 8.24. The zero-order valence-electron chi connectivity index (χ0n) is 14.4. The van der Waals surface area contributed by atoms with Crippen molar-refractivity contribution in [2.24, 2.45) is 0 Å². The molecule has 0 amide bonds. The Morgan fingerprint density at radius 3 is 2.62 bits per heavy atom. The Labute approximate surface area is 158 Å². The first-order chi connectivity index (χ1) is 12.6. The van der Waals surface area contributed by atoms with E-state index in [1.807, 2.05) is 12.1 Å². The number of pyridine rings is 1. The molecule has 0 aliphatic rings. The maximum atomic E-state index is 12.2. The third kappa shape index (κ3) is 4.17. The molecular formula is C17H17N3O4S2. The number of hydrogen-bond acceptors (Lipinski definition) is 9. The molecule has 0 saturated heterocycles. The Morgan fingerprint density at radius 2 is 1.88 bits per heavy atom. The van der Waals surface area contributed by atoms with Crippen molar-refractivity contribution in [1.82, 2.24) is 9.97 Å². The monoisotopic (exact) mass is 391 g/mol. The number of nitrogens with one attached hydrogen (secondary N) is 1. The lowest BCUT2D eigenvalue weighted by atomic mass is 10.3. The van der Waals surface area contributed by atoms with E-state index in [0.717, 1.165) is 27.0 Å². The van der Waals surface area contributed by atoms with Gasteiger partial charge in [0.05, 0.1) is 27.9 Å². The van der Waals surface area contributed by atoms with Crippen LogP contribution in [-0.2, 0) is 4.79 Å². The van der Waals surface area contributed by atoms with Crippen LogP contribution in [0.4, 0.5) is 5.13 Å². The van der Waals surface area contributed by atoms with Gasteiger partial charge in [0.2, 0.25) is 11.0 Å². The van der Waals surface area contributed by atoms with E-state index in [0.29, 0.717) is 22.5 Å². The van der Waals surface area contributed by atoms with Crippen LogP contribution < -0.4 is 19.5 Å². The zero-order valence-corrected chi connectivity index (χ0v) is 16.1. The third-order valence-electron chi connectivity index (χ3n) is 3.41. The van der Waals surface area contributed by atoms with E-state index in [1.54, 1.807) is 39.5 Å². The minimum atomic E-state index is -0.0398. The van der Waals surface area contributed by atoms with Gasteiger partial charge >= 0.3 is 0 Å². The highest BCUT2D eigenvalue weighted by atomic mass is 32.2. The first kappa shape index (κ1) is 18.3. The number of rotatable bonds is 7.